The molecule has 110 valence electrons. The number of ether oxygens (including phenoxy) is 1. The Labute approximate surface area is 133 Å². The minimum absolute atomic E-state index is 0.530. The SMILES string of the molecule is Nc1ccc(Oc2ccc(Sc3ccccc3)cc2)c(N)c1. The molecule has 3 rings (SSSR count). The first-order chi connectivity index (χ1) is 10.7. The third-order valence-electron chi connectivity index (χ3n) is 3.06. The summed E-state index contributed by atoms with van der Waals surface area (Å²) in [5.41, 5.74) is 12.7. The van der Waals surface area contributed by atoms with Crippen molar-refractivity contribution in [1.82, 2.24) is 0 Å². The molecule has 0 aliphatic carbocycles. The van der Waals surface area contributed by atoms with Crippen molar-refractivity contribution in [1.29, 1.82) is 0 Å². The van der Waals surface area contributed by atoms with E-state index in [0.717, 1.165) is 10.6 Å². The van der Waals surface area contributed by atoms with E-state index in [1.54, 1.807) is 30.0 Å². The summed E-state index contributed by atoms with van der Waals surface area (Å²) >= 11 is 1.71. The van der Waals surface area contributed by atoms with Crippen molar-refractivity contribution in [3.8, 4) is 11.5 Å². The lowest BCUT2D eigenvalue weighted by atomic mass is 10.2. The second kappa shape index (κ2) is 6.45. The van der Waals surface area contributed by atoms with Crippen LogP contribution in [0.15, 0.2) is 82.6 Å². The van der Waals surface area contributed by atoms with Crippen LogP contribution in [0.25, 0.3) is 0 Å². The van der Waals surface area contributed by atoms with Crippen molar-refractivity contribution in [3.05, 3.63) is 72.8 Å². The highest BCUT2D eigenvalue weighted by molar-refractivity contribution is 7.99. The van der Waals surface area contributed by atoms with Crippen LogP contribution in [0.1, 0.15) is 0 Å². The normalized spacial score (nSPS) is 10.4. The van der Waals surface area contributed by atoms with Gasteiger partial charge in [0.2, 0.25) is 0 Å². The van der Waals surface area contributed by atoms with Gasteiger partial charge in [0, 0.05) is 15.5 Å². The highest BCUT2D eigenvalue weighted by Gasteiger charge is 2.03. The van der Waals surface area contributed by atoms with Crippen LogP contribution in [-0.4, -0.2) is 0 Å². The third kappa shape index (κ3) is 3.54. The van der Waals surface area contributed by atoms with E-state index in [4.69, 9.17) is 16.2 Å². The summed E-state index contributed by atoms with van der Waals surface area (Å²) in [5.74, 6) is 1.35. The summed E-state index contributed by atoms with van der Waals surface area (Å²) < 4.78 is 5.78. The largest absolute Gasteiger partial charge is 0.455 e. The molecule has 3 aromatic carbocycles. The maximum Gasteiger partial charge on any atom is 0.150 e. The molecule has 0 saturated carbocycles. The number of rotatable bonds is 4. The first kappa shape index (κ1) is 14.4. The number of nitrogen functional groups attached to an aromatic ring is 2. The van der Waals surface area contributed by atoms with Gasteiger partial charge in [-0.25, -0.2) is 0 Å². The fourth-order valence-corrected chi connectivity index (χ4v) is 2.82. The fraction of sp³-hybridized carbons (Fsp3) is 0. The van der Waals surface area contributed by atoms with Gasteiger partial charge in [-0.2, -0.15) is 0 Å². The summed E-state index contributed by atoms with van der Waals surface area (Å²) in [6.07, 6.45) is 0. The van der Waals surface area contributed by atoms with Gasteiger partial charge in [0.15, 0.2) is 0 Å². The molecule has 0 bridgehead atoms. The van der Waals surface area contributed by atoms with Crippen LogP contribution in [0.5, 0.6) is 11.5 Å². The van der Waals surface area contributed by atoms with E-state index in [9.17, 15) is 0 Å². The van der Waals surface area contributed by atoms with Gasteiger partial charge in [0.25, 0.3) is 0 Å². The summed E-state index contributed by atoms with van der Waals surface area (Å²) in [5, 5.41) is 0. The molecule has 0 aliphatic rings. The maximum absolute atomic E-state index is 5.89. The third-order valence-corrected chi connectivity index (χ3v) is 4.08. The zero-order chi connectivity index (χ0) is 15.4. The molecule has 0 aliphatic heterocycles. The van der Waals surface area contributed by atoms with Gasteiger partial charge in [0.05, 0.1) is 5.69 Å². The summed E-state index contributed by atoms with van der Waals surface area (Å²) in [7, 11) is 0. The Hall–Kier alpha value is -2.59. The van der Waals surface area contributed by atoms with E-state index in [0.29, 0.717) is 17.1 Å². The minimum atomic E-state index is 0.530. The molecule has 0 fully saturated rings. The summed E-state index contributed by atoms with van der Waals surface area (Å²) in [6, 6.07) is 23.4. The van der Waals surface area contributed by atoms with Crippen molar-refractivity contribution in [2.75, 3.05) is 11.5 Å². The summed E-state index contributed by atoms with van der Waals surface area (Å²) in [6.45, 7) is 0. The van der Waals surface area contributed by atoms with Crippen molar-refractivity contribution in [3.63, 3.8) is 0 Å². The number of hydrogen-bond donors (Lipinski definition) is 2. The molecule has 3 nitrogen and oxygen atoms in total. The Morgan fingerprint density at radius 3 is 2.09 bits per heavy atom. The molecular weight excluding hydrogens is 292 g/mol. The number of hydrogen-bond acceptors (Lipinski definition) is 4. The predicted molar refractivity (Wildman–Crippen MR) is 92.3 cm³/mol. The Morgan fingerprint density at radius 2 is 1.41 bits per heavy atom. The topological polar surface area (TPSA) is 61.3 Å². The minimum Gasteiger partial charge on any atom is -0.455 e. The highest BCUT2D eigenvalue weighted by atomic mass is 32.2. The number of benzene rings is 3. The Morgan fingerprint density at radius 1 is 0.727 bits per heavy atom. The second-order valence-electron chi connectivity index (χ2n) is 4.79. The van der Waals surface area contributed by atoms with Gasteiger partial charge in [0.1, 0.15) is 11.5 Å². The van der Waals surface area contributed by atoms with Crippen LogP contribution in [0, 0.1) is 0 Å². The fourth-order valence-electron chi connectivity index (χ4n) is 1.99. The molecule has 0 amide bonds. The second-order valence-corrected chi connectivity index (χ2v) is 5.93. The van der Waals surface area contributed by atoms with Crippen LogP contribution >= 0.6 is 11.8 Å². The Balaban J connectivity index is 1.71. The molecule has 22 heavy (non-hydrogen) atoms. The molecule has 0 unspecified atom stereocenters. The molecule has 0 saturated heterocycles. The molecule has 0 heterocycles. The van der Waals surface area contributed by atoms with Crippen LogP contribution in [0.3, 0.4) is 0 Å². The monoisotopic (exact) mass is 308 g/mol. The molecule has 4 heteroatoms. The molecule has 3 aromatic rings. The zero-order valence-corrected chi connectivity index (χ0v) is 12.7. The van der Waals surface area contributed by atoms with E-state index in [1.807, 2.05) is 42.5 Å². The lowest BCUT2D eigenvalue weighted by Crippen LogP contribution is -1.94. The van der Waals surface area contributed by atoms with E-state index in [-0.39, 0.29) is 0 Å². The molecule has 4 N–H and O–H groups in total. The molecule has 0 aromatic heterocycles. The standard InChI is InChI=1S/C18H16N2OS/c19-13-6-11-18(17(20)12-13)21-14-7-9-16(10-8-14)22-15-4-2-1-3-5-15/h1-12H,19-20H2. The van der Waals surface area contributed by atoms with Gasteiger partial charge < -0.3 is 16.2 Å². The van der Waals surface area contributed by atoms with Gasteiger partial charge >= 0.3 is 0 Å². The first-order valence-electron chi connectivity index (χ1n) is 6.86. The van der Waals surface area contributed by atoms with Gasteiger partial charge in [-0.05, 0) is 54.6 Å². The number of nitrogens with two attached hydrogens (primary N) is 2. The van der Waals surface area contributed by atoms with Gasteiger partial charge in [-0.1, -0.05) is 30.0 Å². The van der Waals surface area contributed by atoms with E-state index in [2.05, 4.69) is 12.1 Å². The highest BCUT2D eigenvalue weighted by Crippen LogP contribution is 2.32. The lowest BCUT2D eigenvalue weighted by Gasteiger charge is -2.09. The van der Waals surface area contributed by atoms with Crippen molar-refractivity contribution < 1.29 is 4.74 Å². The quantitative estimate of drug-likeness (QED) is 0.680. The average Bonchev–Trinajstić information content (AvgIpc) is 2.53. The van der Waals surface area contributed by atoms with Crippen LogP contribution in [-0.2, 0) is 0 Å². The van der Waals surface area contributed by atoms with Crippen molar-refractivity contribution in [2.45, 2.75) is 9.79 Å². The predicted octanol–water partition coefficient (Wildman–Crippen LogP) is 4.79. The van der Waals surface area contributed by atoms with Crippen LogP contribution < -0.4 is 16.2 Å². The van der Waals surface area contributed by atoms with Crippen molar-refractivity contribution in [2.24, 2.45) is 0 Å². The summed E-state index contributed by atoms with van der Waals surface area (Å²) in [4.78, 5) is 2.36. The van der Waals surface area contributed by atoms with Crippen LogP contribution in [0.2, 0.25) is 0 Å². The Kier molecular flexibility index (Phi) is 4.21. The van der Waals surface area contributed by atoms with Crippen LogP contribution in [0.4, 0.5) is 11.4 Å². The van der Waals surface area contributed by atoms with Gasteiger partial charge in [-0.15, -0.1) is 0 Å². The molecule has 0 atom stereocenters. The van der Waals surface area contributed by atoms with E-state index >= 15 is 0 Å². The molecule has 0 spiro atoms. The first-order valence-corrected chi connectivity index (χ1v) is 7.68. The zero-order valence-electron chi connectivity index (χ0n) is 11.9. The molecular formula is C18H16N2OS. The lowest BCUT2D eigenvalue weighted by molar-refractivity contribution is 0.485. The smallest absolute Gasteiger partial charge is 0.150 e. The van der Waals surface area contributed by atoms with E-state index in [1.165, 1.54) is 4.90 Å². The van der Waals surface area contributed by atoms with Gasteiger partial charge in [-0.3, -0.25) is 0 Å². The molecule has 0 radical (unpaired) electrons. The Bertz CT molecular complexity index is 758. The van der Waals surface area contributed by atoms with Crippen molar-refractivity contribution >= 4 is 23.1 Å². The average molecular weight is 308 g/mol. The van der Waals surface area contributed by atoms with E-state index < -0.39 is 0 Å². The number of anilines is 2. The maximum atomic E-state index is 5.89.